The third-order valence-corrected chi connectivity index (χ3v) is 6.31. The predicted molar refractivity (Wildman–Crippen MR) is 152 cm³/mol. The fourth-order valence-corrected chi connectivity index (χ4v) is 4.37. The fourth-order valence-electron chi connectivity index (χ4n) is 4.37. The SMILES string of the molecule is COc1cc2nc(-c3cccc(NC(=O)c4cccnc4)c3)nc(Nc3ccc4c(cnn4C(=O)O)c3)c2cc1O. The smallest absolute Gasteiger partial charge is 0.432 e. The molecule has 0 fully saturated rings. The average Bonchev–Trinajstić information content (AvgIpc) is 3.41. The number of anilines is 3. The molecule has 3 aromatic carbocycles. The number of carbonyl (C=O) groups excluding carboxylic acids is 1. The zero-order valence-corrected chi connectivity index (χ0v) is 21.4. The number of methoxy groups -OCH3 is 1. The van der Waals surface area contributed by atoms with Crippen LogP contribution in [0.3, 0.4) is 0 Å². The standard InChI is InChI=1S/C29H21N7O5/c1-41-25-13-22-21(12-24(25)37)27(32-20-7-8-23-18(11-20)15-31-36(23)29(39)40)35-26(34-22)16-4-2-6-19(10-16)33-28(38)17-5-3-9-30-14-17/h2-15,37H,1H3,(H,33,38)(H,39,40)(H,32,34,35). The van der Waals surface area contributed by atoms with Gasteiger partial charge in [-0.3, -0.25) is 9.78 Å². The molecule has 6 rings (SSSR count). The van der Waals surface area contributed by atoms with Crippen molar-refractivity contribution in [1.29, 1.82) is 0 Å². The minimum Gasteiger partial charge on any atom is -0.504 e. The Kier molecular flexibility index (Phi) is 6.32. The van der Waals surface area contributed by atoms with Crippen LogP contribution in [-0.4, -0.2) is 54.1 Å². The lowest BCUT2D eigenvalue weighted by atomic mass is 10.1. The number of ether oxygens (including phenoxy) is 1. The van der Waals surface area contributed by atoms with Gasteiger partial charge in [0.05, 0.1) is 29.9 Å². The lowest BCUT2D eigenvalue weighted by Crippen LogP contribution is -2.12. The number of benzene rings is 3. The van der Waals surface area contributed by atoms with E-state index in [0.29, 0.717) is 55.9 Å². The van der Waals surface area contributed by atoms with E-state index in [1.165, 1.54) is 25.6 Å². The molecular formula is C29H21N7O5. The Morgan fingerprint density at radius 3 is 2.61 bits per heavy atom. The molecule has 12 nitrogen and oxygen atoms in total. The quantitative estimate of drug-likeness (QED) is 0.216. The third-order valence-electron chi connectivity index (χ3n) is 6.31. The number of carbonyl (C=O) groups is 2. The largest absolute Gasteiger partial charge is 0.504 e. The molecule has 0 bridgehead atoms. The second kappa shape index (κ2) is 10.3. The van der Waals surface area contributed by atoms with Gasteiger partial charge >= 0.3 is 6.09 Å². The molecule has 0 saturated carbocycles. The summed E-state index contributed by atoms with van der Waals surface area (Å²) in [6.45, 7) is 0. The molecule has 3 aromatic heterocycles. The fraction of sp³-hybridized carbons (Fsp3) is 0.0345. The van der Waals surface area contributed by atoms with Crippen LogP contribution in [0.25, 0.3) is 33.2 Å². The van der Waals surface area contributed by atoms with Gasteiger partial charge in [0.25, 0.3) is 5.91 Å². The molecule has 41 heavy (non-hydrogen) atoms. The Morgan fingerprint density at radius 1 is 0.951 bits per heavy atom. The van der Waals surface area contributed by atoms with Crippen LogP contribution in [-0.2, 0) is 0 Å². The highest BCUT2D eigenvalue weighted by molar-refractivity contribution is 6.04. The number of fused-ring (bicyclic) bond motifs is 2. The van der Waals surface area contributed by atoms with E-state index in [1.54, 1.807) is 60.8 Å². The molecule has 1 amide bonds. The minimum atomic E-state index is -1.18. The van der Waals surface area contributed by atoms with Crippen LogP contribution >= 0.6 is 0 Å². The first kappa shape index (κ1) is 25.2. The van der Waals surface area contributed by atoms with E-state index in [1.807, 2.05) is 6.07 Å². The van der Waals surface area contributed by atoms with E-state index < -0.39 is 6.09 Å². The first-order valence-electron chi connectivity index (χ1n) is 12.3. The number of phenolic OH excluding ortho intramolecular Hbond substituents is 1. The van der Waals surface area contributed by atoms with E-state index in [-0.39, 0.29) is 17.4 Å². The van der Waals surface area contributed by atoms with Gasteiger partial charge in [0, 0.05) is 46.2 Å². The Hall–Kier alpha value is -6.04. The molecule has 0 spiro atoms. The molecule has 0 saturated heterocycles. The summed E-state index contributed by atoms with van der Waals surface area (Å²) in [5.41, 5.74) is 3.13. The van der Waals surface area contributed by atoms with Crippen molar-refractivity contribution in [1.82, 2.24) is 24.7 Å². The number of carboxylic acid groups (broad SMARTS) is 1. The maximum absolute atomic E-state index is 12.7. The number of nitrogens with one attached hydrogen (secondary N) is 2. The van der Waals surface area contributed by atoms with E-state index in [0.717, 1.165) is 4.68 Å². The van der Waals surface area contributed by atoms with Gasteiger partial charge < -0.3 is 25.6 Å². The van der Waals surface area contributed by atoms with Gasteiger partial charge in [-0.15, -0.1) is 0 Å². The number of hydrogen-bond acceptors (Lipinski definition) is 9. The summed E-state index contributed by atoms with van der Waals surface area (Å²) in [4.78, 5) is 37.5. The van der Waals surface area contributed by atoms with Crippen molar-refractivity contribution in [2.75, 3.05) is 17.7 Å². The van der Waals surface area contributed by atoms with Crippen molar-refractivity contribution < 1.29 is 24.5 Å². The highest BCUT2D eigenvalue weighted by atomic mass is 16.5. The van der Waals surface area contributed by atoms with Crippen molar-refractivity contribution >= 4 is 51.0 Å². The van der Waals surface area contributed by atoms with E-state index in [4.69, 9.17) is 14.7 Å². The van der Waals surface area contributed by atoms with Crippen molar-refractivity contribution in [3.63, 3.8) is 0 Å². The lowest BCUT2D eigenvalue weighted by molar-refractivity contribution is 0.102. The summed E-state index contributed by atoms with van der Waals surface area (Å²) < 4.78 is 6.18. The van der Waals surface area contributed by atoms with E-state index in [9.17, 15) is 19.8 Å². The molecule has 6 aromatic rings. The third kappa shape index (κ3) is 4.92. The van der Waals surface area contributed by atoms with Crippen molar-refractivity contribution in [3.8, 4) is 22.9 Å². The summed E-state index contributed by atoms with van der Waals surface area (Å²) in [7, 11) is 1.45. The van der Waals surface area contributed by atoms with Gasteiger partial charge in [-0.25, -0.2) is 14.8 Å². The molecule has 3 heterocycles. The summed E-state index contributed by atoms with van der Waals surface area (Å²) in [6, 6.07) is 18.7. The van der Waals surface area contributed by atoms with Crippen LogP contribution in [0.4, 0.5) is 22.0 Å². The number of rotatable bonds is 6. The van der Waals surface area contributed by atoms with Gasteiger partial charge in [0.1, 0.15) is 5.82 Å². The van der Waals surface area contributed by atoms with E-state index in [2.05, 4.69) is 20.7 Å². The molecule has 0 radical (unpaired) electrons. The highest BCUT2D eigenvalue weighted by Crippen LogP contribution is 2.36. The Labute approximate surface area is 231 Å². The summed E-state index contributed by atoms with van der Waals surface area (Å²) in [5.74, 6) is 0.590. The van der Waals surface area contributed by atoms with Crippen LogP contribution in [0.1, 0.15) is 10.4 Å². The number of pyridine rings is 1. The van der Waals surface area contributed by atoms with Crippen LogP contribution in [0.15, 0.2) is 85.3 Å². The second-order valence-corrected chi connectivity index (χ2v) is 8.95. The van der Waals surface area contributed by atoms with Crippen molar-refractivity contribution in [3.05, 3.63) is 90.9 Å². The summed E-state index contributed by atoms with van der Waals surface area (Å²) in [6.07, 6.45) is 3.35. The molecule has 12 heteroatoms. The maximum Gasteiger partial charge on any atom is 0.432 e. The molecule has 0 aliphatic rings. The number of phenols is 1. The first-order chi connectivity index (χ1) is 19.9. The van der Waals surface area contributed by atoms with Gasteiger partial charge in [-0.2, -0.15) is 9.78 Å². The predicted octanol–water partition coefficient (Wildman–Crippen LogP) is 5.28. The van der Waals surface area contributed by atoms with Crippen molar-refractivity contribution in [2.24, 2.45) is 0 Å². The summed E-state index contributed by atoms with van der Waals surface area (Å²) in [5, 5.41) is 31.0. The van der Waals surface area contributed by atoms with Gasteiger partial charge in [-0.05, 0) is 48.5 Å². The minimum absolute atomic E-state index is 0.0855. The number of amides is 1. The molecule has 4 N–H and O–H groups in total. The van der Waals surface area contributed by atoms with Crippen LogP contribution in [0.2, 0.25) is 0 Å². The normalized spacial score (nSPS) is 11.0. The molecule has 0 aliphatic carbocycles. The molecule has 0 atom stereocenters. The Balaban J connectivity index is 1.41. The number of aromatic hydroxyl groups is 1. The molecular weight excluding hydrogens is 526 g/mol. The topological polar surface area (TPSA) is 164 Å². The molecule has 0 aliphatic heterocycles. The maximum atomic E-state index is 12.7. The Bertz CT molecular complexity index is 1960. The number of aromatic nitrogens is 5. The van der Waals surface area contributed by atoms with Crippen molar-refractivity contribution in [2.45, 2.75) is 0 Å². The Morgan fingerprint density at radius 2 is 1.83 bits per heavy atom. The summed E-state index contributed by atoms with van der Waals surface area (Å²) >= 11 is 0. The average molecular weight is 548 g/mol. The van der Waals surface area contributed by atoms with Gasteiger partial charge in [-0.1, -0.05) is 12.1 Å². The van der Waals surface area contributed by atoms with E-state index >= 15 is 0 Å². The zero-order valence-electron chi connectivity index (χ0n) is 21.4. The second-order valence-electron chi connectivity index (χ2n) is 8.95. The molecule has 0 unspecified atom stereocenters. The number of hydrogen-bond donors (Lipinski definition) is 4. The van der Waals surface area contributed by atoms with Gasteiger partial charge in [0.15, 0.2) is 17.3 Å². The van der Waals surface area contributed by atoms with Crippen LogP contribution in [0.5, 0.6) is 11.5 Å². The van der Waals surface area contributed by atoms with Gasteiger partial charge in [0.2, 0.25) is 0 Å². The number of nitrogens with zero attached hydrogens (tertiary/aromatic N) is 5. The highest BCUT2D eigenvalue weighted by Gasteiger charge is 2.16. The molecule has 202 valence electrons. The van der Waals surface area contributed by atoms with Crippen LogP contribution in [0, 0.1) is 0 Å². The monoisotopic (exact) mass is 547 g/mol. The van der Waals surface area contributed by atoms with Crippen LogP contribution < -0.4 is 15.4 Å². The lowest BCUT2D eigenvalue weighted by Gasteiger charge is -2.14. The zero-order chi connectivity index (χ0) is 28.5. The first-order valence-corrected chi connectivity index (χ1v) is 12.3.